The minimum absolute atomic E-state index is 0.283. The number of carbonyl (C=O) groups excluding carboxylic acids is 1. The van der Waals surface area contributed by atoms with Crippen molar-refractivity contribution in [1.29, 1.82) is 0 Å². The van der Waals surface area contributed by atoms with Crippen molar-refractivity contribution in [3.63, 3.8) is 0 Å². The first-order chi connectivity index (χ1) is 9.79. The molecule has 0 bridgehead atoms. The van der Waals surface area contributed by atoms with Gasteiger partial charge in [0.05, 0.1) is 25.9 Å². The summed E-state index contributed by atoms with van der Waals surface area (Å²) < 4.78 is 10.2. The van der Waals surface area contributed by atoms with Crippen LogP contribution in [0.5, 0.6) is 0 Å². The van der Waals surface area contributed by atoms with Crippen LogP contribution in [0.25, 0.3) is 0 Å². The zero-order valence-corrected chi connectivity index (χ0v) is 11.7. The molecule has 3 heterocycles. The van der Waals surface area contributed by atoms with Gasteiger partial charge < -0.3 is 9.47 Å². The van der Waals surface area contributed by atoms with Gasteiger partial charge in [-0.2, -0.15) is 10.3 Å². The summed E-state index contributed by atoms with van der Waals surface area (Å²) >= 11 is 0. The lowest BCUT2D eigenvalue weighted by atomic mass is 9.91. The van der Waals surface area contributed by atoms with Crippen LogP contribution in [0, 0.1) is 0 Å². The number of hydrogen-bond acceptors (Lipinski definition) is 6. The van der Waals surface area contributed by atoms with Gasteiger partial charge in [0.2, 0.25) is 0 Å². The molecule has 0 aromatic carbocycles. The van der Waals surface area contributed by atoms with Crippen LogP contribution in [0.2, 0.25) is 0 Å². The number of carbonyl (C=O) groups is 1. The van der Waals surface area contributed by atoms with Gasteiger partial charge in [-0.25, -0.2) is 4.79 Å². The third-order valence-corrected chi connectivity index (χ3v) is 4.10. The van der Waals surface area contributed by atoms with E-state index in [1.54, 1.807) is 6.92 Å². The number of ether oxygens (including phenoxy) is 2. The van der Waals surface area contributed by atoms with Gasteiger partial charge in [-0.1, -0.05) is 0 Å². The fraction of sp³-hybridized carbons (Fsp3) is 0.769. The highest BCUT2D eigenvalue weighted by Crippen LogP contribution is 2.30. The minimum atomic E-state index is -0.383. The van der Waals surface area contributed by atoms with E-state index in [2.05, 4.69) is 20.3 Å². The van der Waals surface area contributed by atoms with Crippen molar-refractivity contribution in [2.45, 2.75) is 31.7 Å². The van der Waals surface area contributed by atoms with Crippen LogP contribution in [0.15, 0.2) is 0 Å². The van der Waals surface area contributed by atoms with E-state index in [4.69, 9.17) is 9.47 Å². The maximum absolute atomic E-state index is 11.8. The maximum atomic E-state index is 11.8. The highest BCUT2D eigenvalue weighted by atomic mass is 16.5. The molecule has 2 aliphatic rings. The van der Waals surface area contributed by atoms with Gasteiger partial charge in [-0.3, -0.25) is 4.90 Å². The van der Waals surface area contributed by atoms with Gasteiger partial charge in [-0.15, -0.1) is 5.10 Å². The van der Waals surface area contributed by atoms with Crippen molar-refractivity contribution < 1.29 is 14.3 Å². The largest absolute Gasteiger partial charge is 0.461 e. The topological polar surface area (TPSA) is 80.3 Å². The Bertz CT molecular complexity index is 464. The fourth-order valence-corrected chi connectivity index (χ4v) is 2.85. The number of aromatic nitrogens is 3. The average Bonchev–Trinajstić information content (AvgIpc) is 2.87. The van der Waals surface area contributed by atoms with E-state index in [-0.39, 0.29) is 11.9 Å². The Kier molecular flexibility index (Phi) is 3.98. The number of likely N-dealkylation sites (tertiary alicyclic amines) is 1. The molecule has 7 nitrogen and oxygen atoms in total. The van der Waals surface area contributed by atoms with Gasteiger partial charge >= 0.3 is 5.97 Å². The van der Waals surface area contributed by atoms with Crippen LogP contribution in [-0.4, -0.2) is 65.2 Å². The van der Waals surface area contributed by atoms with E-state index in [9.17, 15) is 4.79 Å². The molecule has 1 aromatic rings. The molecule has 0 spiro atoms. The van der Waals surface area contributed by atoms with E-state index in [1.165, 1.54) is 0 Å². The van der Waals surface area contributed by atoms with E-state index in [0.717, 1.165) is 44.8 Å². The van der Waals surface area contributed by atoms with Gasteiger partial charge in [0, 0.05) is 5.92 Å². The van der Waals surface area contributed by atoms with E-state index < -0.39 is 0 Å². The fourth-order valence-electron chi connectivity index (χ4n) is 2.85. The third kappa shape index (κ3) is 2.55. The molecule has 1 aromatic heterocycles. The van der Waals surface area contributed by atoms with E-state index >= 15 is 0 Å². The molecule has 0 unspecified atom stereocenters. The summed E-state index contributed by atoms with van der Waals surface area (Å²) in [6.07, 6.45) is 1.99. The summed E-state index contributed by atoms with van der Waals surface area (Å²) in [6, 6.07) is 0.581. The van der Waals surface area contributed by atoms with E-state index in [0.29, 0.717) is 18.3 Å². The number of nitrogens with zero attached hydrogens (tertiary/aromatic N) is 3. The van der Waals surface area contributed by atoms with Crippen LogP contribution >= 0.6 is 0 Å². The zero-order valence-electron chi connectivity index (χ0n) is 11.7. The molecular formula is C13H20N4O3. The first-order valence-electron chi connectivity index (χ1n) is 7.19. The molecule has 0 radical (unpaired) electrons. The van der Waals surface area contributed by atoms with Crippen molar-refractivity contribution in [2.24, 2.45) is 0 Å². The Balaban J connectivity index is 1.63. The molecule has 110 valence electrons. The number of esters is 1. The first kappa shape index (κ1) is 13.5. The molecule has 0 saturated carbocycles. The van der Waals surface area contributed by atoms with Crippen molar-refractivity contribution in [3.8, 4) is 0 Å². The number of rotatable bonds is 4. The quantitative estimate of drug-likeness (QED) is 0.812. The average molecular weight is 280 g/mol. The molecule has 7 heteroatoms. The number of H-pyrrole nitrogens is 1. The predicted molar refractivity (Wildman–Crippen MR) is 70.5 cm³/mol. The molecule has 2 saturated heterocycles. The van der Waals surface area contributed by atoms with Gasteiger partial charge in [0.25, 0.3) is 0 Å². The Morgan fingerprint density at radius 2 is 2.15 bits per heavy atom. The summed E-state index contributed by atoms with van der Waals surface area (Å²) in [5, 5.41) is 10.7. The summed E-state index contributed by atoms with van der Waals surface area (Å²) in [6.45, 7) is 5.88. The second-order valence-corrected chi connectivity index (χ2v) is 5.28. The Morgan fingerprint density at radius 3 is 2.75 bits per heavy atom. The lowest BCUT2D eigenvalue weighted by Crippen LogP contribution is -2.51. The number of piperidine rings is 1. The van der Waals surface area contributed by atoms with Gasteiger partial charge in [0.15, 0.2) is 5.69 Å². The molecule has 20 heavy (non-hydrogen) atoms. The highest BCUT2D eigenvalue weighted by Gasteiger charge is 2.33. The molecule has 2 fully saturated rings. The number of hydrogen-bond donors (Lipinski definition) is 1. The normalized spacial score (nSPS) is 21.6. The van der Waals surface area contributed by atoms with Gasteiger partial charge in [-0.05, 0) is 32.9 Å². The second-order valence-electron chi connectivity index (χ2n) is 5.28. The standard InChI is InChI=1S/C13H20N4O3/c1-2-20-13(18)12-11(14-16-15-12)9-3-5-17(6-4-9)10-7-19-8-10/h9-10H,2-8H2,1H3,(H,14,15,16). The molecule has 0 aliphatic carbocycles. The summed E-state index contributed by atoms with van der Waals surface area (Å²) in [4.78, 5) is 14.3. The molecular weight excluding hydrogens is 260 g/mol. The lowest BCUT2D eigenvalue weighted by Gasteiger charge is -2.41. The molecule has 0 amide bonds. The Morgan fingerprint density at radius 1 is 1.40 bits per heavy atom. The zero-order chi connectivity index (χ0) is 13.9. The molecule has 3 rings (SSSR count). The van der Waals surface area contributed by atoms with Crippen molar-refractivity contribution in [1.82, 2.24) is 20.3 Å². The third-order valence-electron chi connectivity index (χ3n) is 4.10. The summed E-state index contributed by atoms with van der Waals surface area (Å²) in [7, 11) is 0. The summed E-state index contributed by atoms with van der Waals surface area (Å²) in [5.41, 5.74) is 1.10. The number of aromatic amines is 1. The lowest BCUT2D eigenvalue weighted by molar-refractivity contribution is -0.0713. The molecule has 2 aliphatic heterocycles. The van der Waals surface area contributed by atoms with Crippen molar-refractivity contribution in [2.75, 3.05) is 32.9 Å². The SMILES string of the molecule is CCOC(=O)c1n[nH]nc1C1CCN(C2COC2)CC1. The maximum Gasteiger partial charge on any atom is 0.360 e. The predicted octanol–water partition coefficient (Wildman–Crippen LogP) is 0.560. The van der Waals surface area contributed by atoms with Gasteiger partial charge in [0.1, 0.15) is 5.69 Å². The van der Waals surface area contributed by atoms with E-state index in [1.807, 2.05) is 0 Å². The Labute approximate surface area is 117 Å². The Hall–Kier alpha value is -1.47. The highest BCUT2D eigenvalue weighted by molar-refractivity contribution is 5.88. The van der Waals surface area contributed by atoms with Crippen LogP contribution in [0.1, 0.15) is 41.9 Å². The van der Waals surface area contributed by atoms with Crippen molar-refractivity contribution >= 4 is 5.97 Å². The smallest absolute Gasteiger partial charge is 0.360 e. The molecule has 1 N–H and O–H groups in total. The number of nitrogens with one attached hydrogen (secondary N) is 1. The minimum Gasteiger partial charge on any atom is -0.461 e. The second kappa shape index (κ2) is 5.88. The molecule has 0 atom stereocenters. The summed E-state index contributed by atoms with van der Waals surface area (Å²) in [5.74, 6) is -0.100. The van der Waals surface area contributed by atoms with Crippen LogP contribution in [-0.2, 0) is 9.47 Å². The van der Waals surface area contributed by atoms with Crippen LogP contribution in [0.3, 0.4) is 0 Å². The van der Waals surface area contributed by atoms with Crippen molar-refractivity contribution in [3.05, 3.63) is 11.4 Å². The van der Waals surface area contributed by atoms with Crippen LogP contribution in [0.4, 0.5) is 0 Å². The van der Waals surface area contributed by atoms with Crippen LogP contribution < -0.4 is 0 Å². The monoisotopic (exact) mass is 280 g/mol. The first-order valence-corrected chi connectivity index (χ1v) is 7.19.